The Kier molecular flexibility index (Phi) is 4.93. The summed E-state index contributed by atoms with van der Waals surface area (Å²) < 4.78 is 5.86. The fraction of sp³-hybridized carbons (Fsp3) is 0.222. The normalized spacial score (nSPS) is 17.6. The second kappa shape index (κ2) is 7.29. The van der Waals surface area contributed by atoms with Crippen molar-refractivity contribution in [3.63, 3.8) is 0 Å². The Bertz CT molecular complexity index is 703. The first-order valence-corrected chi connectivity index (χ1v) is 7.88. The maximum Gasteiger partial charge on any atom is 0.246 e. The molecule has 0 bridgehead atoms. The number of amides is 1. The molecule has 23 heavy (non-hydrogen) atoms. The molecule has 2 heterocycles. The number of nitrogens with zero attached hydrogens (tertiary/aromatic N) is 2. The van der Waals surface area contributed by atoms with E-state index in [0.717, 1.165) is 12.0 Å². The molecule has 2 aromatic rings. The minimum Gasteiger partial charge on any atom is -0.487 e. The first-order chi connectivity index (χ1) is 11.2. The molecule has 5 heteroatoms. The summed E-state index contributed by atoms with van der Waals surface area (Å²) in [7, 11) is 0. The van der Waals surface area contributed by atoms with Gasteiger partial charge in [0.1, 0.15) is 16.9 Å². The van der Waals surface area contributed by atoms with Gasteiger partial charge in [-0.3, -0.25) is 9.78 Å². The van der Waals surface area contributed by atoms with Crippen molar-refractivity contribution >= 4 is 23.6 Å². The number of benzene rings is 1. The predicted octanol–water partition coefficient (Wildman–Crippen LogP) is 3.43. The first kappa shape index (κ1) is 15.6. The number of pyridine rings is 1. The zero-order chi connectivity index (χ0) is 16.1. The molecule has 118 valence electrons. The lowest BCUT2D eigenvalue weighted by Gasteiger charge is -2.16. The number of ether oxygens (including phenoxy) is 1. The molecule has 4 nitrogen and oxygen atoms in total. The van der Waals surface area contributed by atoms with Crippen LogP contribution in [-0.2, 0) is 4.79 Å². The molecule has 1 aliphatic rings. The van der Waals surface area contributed by atoms with Gasteiger partial charge in [0.25, 0.3) is 0 Å². The summed E-state index contributed by atoms with van der Waals surface area (Å²) >= 11 is 6.04. The number of halogens is 1. The van der Waals surface area contributed by atoms with Crippen molar-refractivity contribution in [2.45, 2.75) is 12.5 Å². The molecule has 1 aliphatic heterocycles. The molecule has 1 fully saturated rings. The zero-order valence-corrected chi connectivity index (χ0v) is 13.3. The van der Waals surface area contributed by atoms with Crippen LogP contribution in [0.15, 0.2) is 54.9 Å². The average molecular weight is 329 g/mol. The van der Waals surface area contributed by atoms with E-state index in [0.29, 0.717) is 23.9 Å². The van der Waals surface area contributed by atoms with Crippen molar-refractivity contribution in [3.05, 3.63) is 65.5 Å². The molecule has 0 unspecified atom stereocenters. The molecule has 1 aromatic heterocycles. The number of carbonyl (C=O) groups is 1. The van der Waals surface area contributed by atoms with Gasteiger partial charge in [-0.15, -0.1) is 0 Å². The molecule has 1 saturated heterocycles. The maximum absolute atomic E-state index is 12.2. The number of carbonyl (C=O) groups excluding carboxylic acids is 1. The van der Waals surface area contributed by atoms with Crippen molar-refractivity contribution in [2.24, 2.45) is 0 Å². The van der Waals surface area contributed by atoms with Crippen LogP contribution in [-0.4, -0.2) is 35.0 Å². The smallest absolute Gasteiger partial charge is 0.246 e. The van der Waals surface area contributed by atoms with E-state index < -0.39 is 0 Å². The van der Waals surface area contributed by atoms with E-state index in [1.807, 2.05) is 36.4 Å². The summed E-state index contributed by atoms with van der Waals surface area (Å²) in [6, 6.07) is 11.5. The van der Waals surface area contributed by atoms with Gasteiger partial charge in [-0.25, -0.2) is 0 Å². The number of rotatable bonds is 4. The Labute approximate surface area is 140 Å². The first-order valence-electron chi connectivity index (χ1n) is 7.50. The van der Waals surface area contributed by atoms with E-state index in [1.54, 1.807) is 29.4 Å². The van der Waals surface area contributed by atoms with Gasteiger partial charge in [-0.2, -0.15) is 0 Å². The largest absolute Gasteiger partial charge is 0.487 e. The Morgan fingerprint density at radius 1 is 1.30 bits per heavy atom. The number of hydrogen-bond acceptors (Lipinski definition) is 3. The van der Waals surface area contributed by atoms with Crippen LogP contribution >= 0.6 is 11.6 Å². The quantitative estimate of drug-likeness (QED) is 0.808. The average Bonchev–Trinajstić information content (AvgIpc) is 3.04. The fourth-order valence-electron chi connectivity index (χ4n) is 2.50. The van der Waals surface area contributed by atoms with E-state index in [4.69, 9.17) is 16.3 Å². The van der Waals surface area contributed by atoms with Gasteiger partial charge in [0.15, 0.2) is 0 Å². The second-order valence-corrected chi connectivity index (χ2v) is 5.77. The van der Waals surface area contributed by atoms with Crippen LogP contribution in [0.5, 0.6) is 5.75 Å². The molecule has 0 aliphatic carbocycles. The minimum atomic E-state index is -0.0380. The second-order valence-electron chi connectivity index (χ2n) is 5.36. The highest BCUT2D eigenvalue weighted by molar-refractivity contribution is 6.31. The molecule has 0 radical (unpaired) electrons. The standard InChI is InChI=1S/C18H17ClN2O2/c19-16-12-20-10-8-17(16)23-15-9-11-21(13-15)18(22)7-6-14-4-2-1-3-5-14/h1-8,10,12,15H,9,11,13H2/b7-6+/t15-/m0/s1. The van der Waals surface area contributed by atoms with E-state index in [2.05, 4.69) is 4.98 Å². The van der Waals surface area contributed by atoms with Gasteiger partial charge in [0.2, 0.25) is 5.91 Å². The van der Waals surface area contributed by atoms with Crippen LogP contribution in [0.1, 0.15) is 12.0 Å². The molecule has 0 spiro atoms. The Morgan fingerprint density at radius 2 is 2.13 bits per heavy atom. The molecule has 0 N–H and O–H groups in total. The predicted molar refractivity (Wildman–Crippen MR) is 90.3 cm³/mol. The summed E-state index contributed by atoms with van der Waals surface area (Å²) in [5, 5.41) is 0.487. The lowest BCUT2D eigenvalue weighted by Crippen LogP contribution is -2.29. The number of aromatic nitrogens is 1. The monoisotopic (exact) mass is 328 g/mol. The van der Waals surface area contributed by atoms with E-state index in [9.17, 15) is 4.79 Å². The van der Waals surface area contributed by atoms with Gasteiger partial charge in [-0.1, -0.05) is 41.9 Å². The zero-order valence-electron chi connectivity index (χ0n) is 12.6. The van der Waals surface area contributed by atoms with Gasteiger partial charge in [0, 0.05) is 37.5 Å². The maximum atomic E-state index is 12.2. The summed E-state index contributed by atoms with van der Waals surface area (Å²) in [5.74, 6) is 0.613. The Hall–Kier alpha value is -2.33. The summed E-state index contributed by atoms with van der Waals surface area (Å²) in [6.45, 7) is 1.25. The lowest BCUT2D eigenvalue weighted by atomic mass is 10.2. The topological polar surface area (TPSA) is 42.4 Å². The highest BCUT2D eigenvalue weighted by Gasteiger charge is 2.26. The Morgan fingerprint density at radius 3 is 2.91 bits per heavy atom. The summed E-state index contributed by atoms with van der Waals surface area (Å²) in [5.41, 5.74) is 1.01. The van der Waals surface area contributed by atoms with Crippen LogP contribution in [0.4, 0.5) is 0 Å². The van der Waals surface area contributed by atoms with Crippen LogP contribution in [0, 0.1) is 0 Å². The van der Waals surface area contributed by atoms with Crippen LogP contribution in [0.3, 0.4) is 0 Å². The molecular weight excluding hydrogens is 312 g/mol. The number of hydrogen-bond donors (Lipinski definition) is 0. The van der Waals surface area contributed by atoms with Crippen LogP contribution in [0.2, 0.25) is 5.02 Å². The third-order valence-corrected chi connectivity index (χ3v) is 3.99. The molecular formula is C18H17ClN2O2. The molecule has 3 rings (SSSR count). The van der Waals surface area contributed by atoms with Crippen molar-refractivity contribution in [2.75, 3.05) is 13.1 Å². The van der Waals surface area contributed by atoms with Crippen molar-refractivity contribution < 1.29 is 9.53 Å². The van der Waals surface area contributed by atoms with Gasteiger partial charge in [-0.05, 0) is 11.6 Å². The van der Waals surface area contributed by atoms with Gasteiger partial charge in [0.05, 0.1) is 6.54 Å². The SMILES string of the molecule is O=C(/C=C/c1ccccc1)N1CC[C@H](Oc2ccncc2Cl)C1. The lowest BCUT2D eigenvalue weighted by molar-refractivity contribution is -0.125. The van der Waals surface area contributed by atoms with Crippen molar-refractivity contribution in [1.29, 1.82) is 0 Å². The van der Waals surface area contributed by atoms with Gasteiger partial charge < -0.3 is 9.64 Å². The van der Waals surface area contributed by atoms with E-state index in [-0.39, 0.29) is 12.0 Å². The Balaban J connectivity index is 1.56. The van der Waals surface area contributed by atoms with Crippen molar-refractivity contribution in [1.82, 2.24) is 9.88 Å². The third-order valence-electron chi connectivity index (χ3n) is 3.70. The molecule has 1 atom stereocenters. The van der Waals surface area contributed by atoms with E-state index in [1.165, 1.54) is 0 Å². The number of likely N-dealkylation sites (tertiary alicyclic amines) is 1. The van der Waals surface area contributed by atoms with E-state index >= 15 is 0 Å². The molecule has 0 saturated carbocycles. The van der Waals surface area contributed by atoms with Crippen LogP contribution in [0.25, 0.3) is 6.08 Å². The van der Waals surface area contributed by atoms with Crippen molar-refractivity contribution in [3.8, 4) is 5.75 Å². The summed E-state index contributed by atoms with van der Waals surface area (Å²) in [6.07, 6.45) is 7.39. The summed E-state index contributed by atoms with van der Waals surface area (Å²) in [4.78, 5) is 18.0. The minimum absolute atomic E-state index is 0.000721. The van der Waals surface area contributed by atoms with Crippen LogP contribution < -0.4 is 4.74 Å². The fourth-order valence-corrected chi connectivity index (χ4v) is 2.66. The third kappa shape index (κ3) is 4.11. The molecule has 1 amide bonds. The highest BCUT2D eigenvalue weighted by Crippen LogP contribution is 2.25. The highest BCUT2D eigenvalue weighted by atomic mass is 35.5. The van der Waals surface area contributed by atoms with Gasteiger partial charge >= 0.3 is 0 Å². The molecule has 1 aromatic carbocycles.